The third-order valence-electron chi connectivity index (χ3n) is 5.62. The van der Waals surface area contributed by atoms with E-state index >= 15 is 0 Å². The van der Waals surface area contributed by atoms with Gasteiger partial charge in [-0.3, -0.25) is 4.90 Å². The third-order valence-corrected chi connectivity index (χ3v) is 6.40. The van der Waals surface area contributed by atoms with Gasteiger partial charge in [0.15, 0.2) is 0 Å². The number of benzene rings is 2. The SMILES string of the molecule is CSc1ccccc1N1CCN(CCCc2c[nH]c3ccc(C#N)cc23)CC1.Cl. The predicted octanol–water partition coefficient (Wildman–Crippen LogP) is 4.94. The van der Waals surface area contributed by atoms with Crippen LogP contribution in [0.4, 0.5) is 5.69 Å². The highest BCUT2D eigenvalue weighted by Gasteiger charge is 2.18. The molecule has 1 N–H and O–H groups in total. The van der Waals surface area contributed by atoms with E-state index in [4.69, 9.17) is 5.26 Å². The Hall–Kier alpha value is -2.13. The fourth-order valence-electron chi connectivity index (χ4n) is 4.05. The number of halogens is 1. The predicted molar refractivity (Wildman–Crippen MR) is 125 cm³/mol. The first-order chi connectivity index (χ1) is 13.8. The molecule has 0 aliphatic carbocycles. The number of nitriles is 1. The lowest BCUT2D eigenvalue weighted by Gasteiger charge is -2.36. The molecule has 1 aliphatic rings. The molecule has 0 radical (unpaired) electrons. The molecule has 6 heteroatoms. The minimum absolute atomic E-state index is 0. The van der Waals surface area contributed by atoms with Crippen LogP contribution in [0.3, 0.4) is 0 Å². The third kappa shape index (κ3) is 4.90. The van der Waals surface area contributed by atoms with Gasteiger partial charge in [0.1, 0.15) is 0 Å². The fraction of sp³-hybridized carbons (Fsp3) is 0.348. The molecule has 1 aromatic heterocycles. The standard InChI is InChI=1S/C23H26N4S.ClH/c1-28-23-7-3-2-6-22(23)27-13-11-26(12-14-27)10-4-5-19-17-25-21-9-8-18(16-24)15-20(19)21;/h2-3,6-9,15,17,25H,4-5,10-14H2,1H3;1H. The Labute approximate surface area is 183 Å². The Morgan fingerprint density at radius 3 is 2.66 bits per heavy atom. The van der Waals surface area contributed by atoms with E-state index in [1.165, 1.54) is 21.5 Å². The molecule has 0 atom stereocenters. The molecule has 1 saturated heterocycles. The molecule has 0 amide bonds. The van der Waals surface area contributed by atoms with Gasteiger partial charge in [0.05, 0.1) is 17.3 Å². The molecule has 2 heterocycles. The zero-order valence-corrected chi connectivity index (χ0v) is 18.4. The number of aromatic amines is 1. The van der Waals surface area contributed by atoms with Crippen LogP contribution in [0.1, 0.15) is 17.5 Å². The van der Waals surface area contributed by atoms with Gasteiger partial charge in [-0.2, -0.15) is 5.26 Å². The van der Waals surface area contributed by atoms with Gasteiger partial charge < -0.3 is 9.88 Å². The van der Waals surface area contributed by atoms with Crippen LogP contribution in [0.2, 0.25) is 0 Å². The smallest absolute Gasteiger partial charge is 0.0991 e. The minimum Gasteiger partial charge on any atom is -0.368 e. The molecule has 1 aliphatic heterocycles. The number of anilines is 1. The number of hydrogen-bond acceptors (Lipinski definition) is 4. The number of H-pyrrole nitrogens is 1. The van der Waals surface area contributed by atoms with Gasteiger partial charge in [-0.25, -0.2) is 0 Å². The number of piperazine rings is 1. The van der Waals surface area contributed by atoms with Crippen LogP contribution in [-0.2, 0) is 6.42 Å². The van der Waals surface area contributed by atoms with Gasteiger partial charge >= 0.3 is 0 Å². The highest BCUT2D eigenvalue weighted by molar-refractivity contribution is 7.98. The second-order valence-corrected chi connectivity index (χ2v) is 8.14. The molecule has 0 bridgehead atoms. The van der Waals surface area contributed by atoms with Crippen molar-refractivity contribution >= 4 is 40.8 Å². The van der Waals surface area contributed by atoms with Crippen molar-refractivity contribution in [3.63, 3.8) is 0 Å². The lowest BCUT2D eigenvalue weighted by atomic mass is 10.1. The molecule has 0 saturated carbocycles. The van der Waals surface area contributed by atoms with Gasteiger partial charge in [0.25, 0.3) is 0 Å². The van der Waals surface area contributed by atoms with Crippen LogP contribution in [0.5, 0.6) is 0 Å². The second-order valence-electron chi connectivity index (χ2n) is 7.29. The summed E-state index contributed by atoms with van der Waals surface area (Å²) in [6.07, 6.45) is 6.44. The zero-order valence-electron chi connectivity index (χ0n) is 16.7. The minimum atomic E-state index is 0. The van der Waals surface area contributed by atoms with Crippen LogP contribution in [0.25, 0.3) is 10.9 Å². The van der Waals surface area contributed by atoms with E-state index in [1.54, 1.807) is 0 Å². The van der Waals surface area contributed by atoms with Crippen LogP contribution >= 0.6 is 24.2 Å². The lowest BCUT2D eigenvalue weighted by molar-refractivity contribution is 0.255. The number of nitrogens with zero attached hydrogens (tertiary/aromatic N) is 3. The van der Waals surface area contributed by atoms with E-state index in [9.17, 15) is 0 Å². The summed E-state index contributed by atoms with van der Waals surface area (Å²) in [5, 5.41) is 10.3. The maximum atomic E-state index is 9.14. The second kappa shape index (κ2) is 10.1. The van der Waals surface area contributed by atoms with Crippen LogP contribution < -0.4 is 4.90 Å². The number of para-hydroxylation sites is 1. The van der Waals surface area contributed by atoms with Crippen molar-refractivity contribution < 1.29 is 0 Å². The molecule has 4 nitrogen and oxygen atoms in total. The van der Waals surface area contributed by atoms with Gasteiger partial charge in [-0.1, -0.05) is 12.1 Å². The molecule has 29 heavy (non-hydrogen) atoms. The summed E-state index contributed by atoms with van der Waals surface area (Å²) in [5.41, 5.74) is 4.55. The lowest BCUT2D eigenvalue weighted by Crippen LogP contribution is -2.46. The fourth-order valence-corrected chi connectivity index (χ4v) is 4.67. The van der Waals surface area contributed by atoms with Crippen molar-refractivity contribution in [2.45, 2.75) is 17.7 Å². The summed E-state index contributed by atoms with van der Waals surface area (Å²) in [7, 11) is 0. The molecule has 0 unspecified atom stereocenters. The van der Waals surface area contributed by atoms with E-state index in [-0.39, 0.29) is 12.4 Å². The van der Waals surface area contributed by atoms with Crippen molar-refractivity contribution in [1.82, 2.24) is 9.88 Å². The Morgan fingerprint density at radius 1 is 1.10 bits per heavy atom. The quantitative estimate of drug-likeness (QED) is 0.567. The molecular weight excluding hydrogens is 400 g/mol. The maximum Gasteiger partial charge on any atom is 0.0991 e. The first-order valence-corrected chi connectivity index (χ1v) is 11.1. The molecule has 2 aromatic carbocycles. The number of fused-ring (bicyclic) bond motifs is 1. The number of thioether (sulfide) groups is 1. The number of aromatic nitrogens is 1. The van der Waals surface area contributed by atoms with Crippen molar-refractivity contribution in [3.8, 4) is 6.07 Å². The number of nitrogens with one attached hydrogen (secondary N) is 1. The summed E-state index contributed by atoms with van der Waals surface area (Å²) >= 11 is 1.83. The molecular formula is C23H27ClN4S. The highest BCUT2D eigenvalue weighted by atomic mass is 35.5. The van der Waals surface area contributed by atoms with Gasteiger partial charge in [-0.15, -0.1) is 24.2 Å². The van der Waals surface area contributed by atoms with Crippen LogP contribution in [0, 0.1) is 11.3 Å². The summed E-state index contributed by atoms with van der Waals surface area (Å²) in [4.78, 5) is 9.80. The van der Waals surface area contributed by atoms with E-state index in [1.807, 2.05) is 30.0 Å². The summed E-state index contributed by atoms with van der Waals surface area (Å²) in [6, 6.07) is 16.8. The van der Waals surface area contributed by atoms with Crippen molar-refractivity contribution in [3.05, 3.63) is 59.8 Å². The normalized spacial score (nSPS) is 14.6. The van der Waals surface area contributed by atoms with Crippen LogP contribution in [0.15, 0.2) is 53.6 Å². The average molecular weight is 427 g/mol. The largest absolute Gasteiger partial charge is 0.368 e. The number of rotatable bonds is 6. The van der Waals surface area contributed by atoms with Gasteiger partial charge in [0.2, 0.25) is 0 Å². The molecule has 1 fully saturated rings. The maximum absolute atomic E-state index is 9.14. The Bertz CT molecular complexity index is 986. The first kappa shape index (κ1) is 21.6. The van der Waals surface area contributed by atoms with Gasteiger partial charge in [0, 0.05) is 48.2 Å². The average Bonchev–Trinajstić information content (AvgIpc) is 3.16. The summed E-state index contributed by atoms with van der Waals surface area (Å²) in [5.74, 6) is 0. The van der Waals surface area contributed by atoms with Crippen molar-refractivity contribution in [2.75, 3.05) is 43.9 Å². The topological polar surface area (TPSA) is 46.1 Å². The highest BCUT2D eigenvalue weighted by Crippen LogP contribution is 2.29. The number of aryl methyl sites for hydroxylation is 1. The zero-order chi connectivity index (χ0) is 19.3. The molecule has 152 valence electrons. The Kier molecular flexibility index (Phi) is 7.49. The number of hydrogen-bond donors (Lipinski definition) is 1. The van der Waals surface area contributed by atoms with E-state index < -0.39 is 0 Å². The van der Waals surface area contributed by atoms with E-state index in [2.05, 4.69) is 57.6 Å². The Morgan fingerprint density at radius 2 is 1.90 bits per heavy atom. The van der Waals surface area contributed by atoms with E-state index in [0.29, 0.717) is 0 Å². The van der Waals surface area contributed by atoms with E-state index in [0.717, 1.165) is 56.6 Å². The molecule has 0 spiro atoms. The summed E-state index contributed by atoms with van der Waals surface area (Å²) < 4.78 is 0. The first-order valence-electron chi connectivity index (χ1n) is 9.89. The molecule has 3 aromatic rings. The Balaban J connectivity index is 0.00000240. The van der Waals surface area contributed by atoms with Crippen molar-refractivity contribution in [2.24, 2.45) is 0 Å². The summed E-state index contributed by atoms with van der Waals surface area (Å²) in [6.45, 7) is 5.55. The van der Waals surface area contributed by atoms with Crippen LogP contribution in [-0.4, -0.2) is 48.9 Å². The monoisotopic (exact) mass is 426 g/mol. The van der Waals surface area contributed by atoms with Gasteiger partial charge in [-0.05, 0) is 61.5 Å². The molecule has 4 rings (SSSR count). The van der Waals surface area contributed by atoms with Crippen molar-refractivity contribution in [1.29, 1.82) is 5.26 Å².